The summed E-state index contributed by atoms with van der Waals surface area (Å²) in [6.07, 6.45) is 2.12. The van der Waals surface area contributed by atoms with Crippen LogP contribution < -0.4 is 5.32 Å². The van der Waals surface area contributed by atoms with Gasteiger partial charge in [0.2, 0.25) is 0 Å². The van der Waals surface area contributed by atoms with E-state index in [1.807, 2.05) is 4.68 Å². The van der Waals surface area contributed by atoms with Crippen LogP contribution in [0.25, 0.3) is 0 Å². The van der Waals surface area contributed by atoms with E-state index in [0.29, 0.717) is 0 Å². The summed E-state index contributed by atoms with van der Waals surface area (Å²) in [7, 11) is 2.07. The van der Waals surface area contributed by atoms with E-state index in [0.717, 1.165) is 18.8 Å². The maximum absolute atomic E-state index is 4.34. The fraction of sp³-hybridized carbons (Fsp3) is 0.625. The molecule has 0 saturated heterocycles. The van der Waals surface area contributed by atoms with Crippen molar-refractivity contribution in [2.75, 3.05) is 7.05 Å². The summed E-state index contributed by atoms with van der Waals surface area (Å²) in [5, 5.41) is 6.50. The third kappa shape index (κ3) is 1.80. The summed E-state index contributed by atoms with van der Waals surface area (Å²) >= 11 is 0. The Bertz CT molecular complexity index is 227. The van der Waals surface area contributed by atoms with Crippen LogP contribution in [-0.2, 0) is 13.1 Å². The van der Waals surface area contributed by atoms with Crippen LogP contribution in [0.3, 0.4) is 0 Å². The molecular weight excluding hydrogens is 138 g/mol. The van der Waals surface area contributed by atoms with Crippen molar-refractivity contribution in [3.8, 4) is 0 Å². The largest absolute Gasteiger partial charge is 0.345 e. The SMILES string of the molecule is CCn1cc(C[NH2+]C)c(C)n1. The number of hydrogen-bond donors (Lipinski definition) is 1. The minimum atomic E-state index is 0.963. The summed E-state index contributed by atoms with van der Waals surface area (Å²) in [6.45, 7) is 6.16. The lowest BCUT2D eigenvalue weighted by molar-refractivity contribution is -0.643. The van der Waals surface area contributed by atoms with Crippen LogP contribution >= 0.6 is 0 Å². The molecule has 0 spiro atoms. The molecule has 62 valence electrons. The number of aryl methyl sites for hydroxylation is 2. The van der Waals surface area contributed by atoms with Crippen LogP contribution in [0.1, 0.15) is 18.2 Å². The van der Waals surface area contributed by atoms with Crippen LogP contribution in [0, 0.1) is 6.92 Å². The molecule has 0 unspecified atom stereocenters. The molecule has 0 amide bonds. The maximum Gasteiger partial charge on any atom is 0.104 e. The molecule has 11 heavy (non-hydrogen) atoms. The van der Waals surface area contributed by atoms with Crippen LogP contribution in [0.5, 0.6) is 0 Å². The summed E-state index contributed by atoms with van der Waals surface area (Å²) < 4.78 is 1.98. The van der Waals surface area contributed by atoms with E-state index in [1.165, 1.54) is 5.56 Å². The Kier molecular flexibility index (Phi) is 2.65. The molecule has 3 nitrogen and oxygen atoms in total. The summed E-state index contributed by atoms with van der Waals surface area (Å²) in [6, 6.07) is 0. The van der Waals surface area contributed by atoms with Gasteiger partial charge in [0.05, 0.1) is 12.7 Å². The second-order valence-corrected chi connectivity index (χ2v) is 2.71. The van der Waals surface area contributed by atoms with E-state index in [2.05, 4.69) is 37.5 Å². The highest BCUT2D eigenvalue weighted by Gasteiger charge is 2.03. The first-order valence-corrected chi connectivity index (χ1v) is 4.08. The van der Waals surface area contributed by atoms with Gasteiger partial charge in [0.15, 0.2) is 0 Å². The van der Waals surface area contributed by atoms with E-state index < -0.39 is 0 Å². The van der Waals surface area contributed by atoms with Gasteiger partial charge in [0.1, 0.15) is 6.54 Å². The smallest absolute Gasteiger partial charge is 0.104 e. The molecule has 0 bridgehead atoms. The molecule has 2 N–H and O–H groups in total. The molecular formula is C8H16N3+. The topological polar surface area (TPSA) is 34.4 Å². The Labute approximate surface area is 67.4 Å². The van der Waals surface area contributed by atoms with Crippen molar-refractivity contribution in [1.29, 1.82) is 0 Å². The second kappa shape index (κ2) is 3.53. The minimum absolute atomic E-state index is 0.963. The van der Waals surface area contributed by atoms with E-state index in [1.54, 1.807) is 0 Å². The lowest BCUT2D eigenvalue weighted by atomic mass is 10.3. The Morgan fingerprint density at radius 2 is 2.36 bits per heavy atom. The zero-order chi connectivity index (χ0) is 8.27. The molecule has 1 aromatic rings. The van der Waals surface area contributed by atoms with Gasteiger partial charge >= 0.3 is 0 Å². The number of nitrogens with two attached hydrogens (primary N) is 1. The minimum Gasteiger partial charge on any atom is -0.345 e. The van der Waals surface area contributed by atoms with Gasteiger partial charge < -0.3 is 5.32 Å². The fourth-order valence-electron chi connectivity index (χ4n) is 1.14. The van der Waals surface area contributed by atoms with Gasteiger partial charge in [0, 0.05) is 18.3 Å². The number of rotatable bonds is 3. The maximum atomic E-state index is 4.34. The second-order valence-electron chi connectivity index (χ2n) is 2.71. The number of hydrogen-bond acceptors (Lipinski definition) is 1. The third-order valence-corrected chi connectivity index (χ3v) is 1.80. The third-order valence-electron chi connectivity index (χ3n) is 1.80. The Hall–Kier alpha value is -0.830. The first-order chi connectivity index (χ1) is 5.27. The molecule has 0 atom stereocenters. The first kappa shape index (κ1) is 8.27. The monoisotopic (exact) mass is 154 g/mol. The molecule has 0 aliphatic heterocycles. The van der Waals surface area contributed by atoms with Gasteiger partial charge in [-0.2, -0.15) is 5.10 Å². The predicted molar refractivity (Wildman–Crippen MR) is 44.2 cm³/mol. The molecule has 0 radical (unpaired) electrons. The van der Waals surface area contributed by atoms with Crippen LogP contribution in [0.2, 0.25) is 0 Å². The molecule has 0 aliphatic carbocycles. The molecule has 0 saturated carbocycles. The number of quaternary nitrogens is 1. The Morgan fingerprint density at radius 1 is 1.64 bits per heavy atom. The zero-order valence-electron chi connectivity index (χ0n) is 7.46. The predicted octanol–water partition coefficient (Wildman–Crippen LogP) is -0.0954. The molecule has 0 aliphatic rings. The van der Waals surface area contributed by atoms with E-state index in [9.17, 15) is 0 Å². The van der Waals surface area contributed by atoms with Crippen molar-refractivity contribution in [2.24, 2.45) is 0 Å². The number of aromatic nitrogens is 2. The Balaban J connectivity index is 2.79. The molecule has 0 fully saturated rings. The highest BCUT2D eigenvalue weighted by Crippen LogP contribution is 2.02. The van der Waals surface area contributed by atoms with Crippen molar-refractivity contribution in [1.82, 2.24) is 9.78 Å². The molecule has 1 rings (SSSR count). The normalized spacial score (nSPS) is 10.5. The Morgan fingerprint density at radius 3 is 2.82 bits per heavy atom. The van der Waals surface area contributed by atoms with E-state index >= 15 is 0 Å². The standard InChI is InChI=1S/C8H15N3/c1-4-11-6-8(5-9-3)7(2)10-11/h6,9H,4-5H2,1-3H3/p+1. The zero-order valence-corrected chi connectivity index (χ0v) is 7.46. The average Bonchev–Trinajstić information content (AvgIpc) is 2.33. The first-order valence-electron chi connectivity index (χ1n) is 4.08. The lowest BCUT2D eigenvalue weighted by Crippen LogP contribution is -2.77. The van der Waals surface area contributed by atoms with Crippen molar-refractivity contribution >= 4 is 0 Å². The summed E-state index contributed by atoms with van der Waals surface area (Å²) in [4.78, 5) is 0. The van der Waals surface area contributed by atoms with Crippen molar-refractivity contribution in [2.45, 2.75) is 26.9 Å². The van der Waals surface area contributed by atoms with Crippen molar-refractivity contribution in [3.63, 3.8) is 0 Å². The van der Waals surface area contributed by atoms with Gasteiger partial charge in [-0.1, -0.05) is 0 Å². The molecule has 1 aromatic heterocycles. The quantitative estimate of drug-likeness (QED) is 0.648. The van der Waals surface area contributed by atoms with Crippen molar-refractivity contribution in [3.05, 3.63) is 17.5 Å². The highest BCUT2D eigenvalue weighted by molar-refractivity contribution is 5.13. The average molecular weight is 154 g/mol. The summed E-state index contributed by atoms with van der Waals surface area (Å²) in [5.41, 5.74) is 2.50. The lowest BCUT2D eigenvalue weighted by Gasteiger charge is -1.91. The molecule has 0 aromatic carbocycles. The summed E-state index contributed by atoms with van der Waals surface area (Å²) in [5.74, 6) is 0. The van der Waals surface area contributed by atoms with Crippen LogP contribution in [0.15, 0.2) is 6.20 Å². The fourth-order valence-corrected chi connectivity index (χ4v) is 1.14. The van der Waals surface area contributed by atoms with E-state index in [-0.39, 0.29) is 0 Å². The molecule has 3 heteroatoms. The van der Waals surface area contributed by atoms with Crippen LogP contribution in [0.4, 0.5) is 0 Å². The van der Waals surface area contributed by atoms with Gasteiger partial charge in [-0.3, -0.25) is 4.68 Å². The van der Waals surface area contributed by atoms with Gasteiger partial charge in [-0.15, -0.1) is 0 Å². The van der Waals surface area contributed by atoms with Crippen molar-refractivity contribution < 1.29 is 5.32 Å². The van der Waals surface area contributed by atoms with Gasteiger partial charge in [0.25, 0.3) is 0 Å². The van der Waals surface area contributed by atoms with Crippen LogP contribution in [-0.4, -0.2) is 16.8 Å². The van der Waals surface area contributed by atoms with Gasteiger partial charge in [-0.05, 0) is 13.8 Å². The van der Waals surface area contributed by atoms with Gasteiger partial charge in [-0.25, -0.2) is 0 Å². The number of nitrogens with zero attached hydrogens (tertiary/aromatic N) is 2. The highest BCUT2D eigenvalue weighted by atomic mass is 15.3. The van der Waals surface area contributed by atoms with E-state index in [4.69, 9.17) is 0 Å². The molecule has 1 heterocycles.